The second-order valence-electron chi connectivity index (χ2n) is 7.57. The molecule has 0 saturated carbocycles. The number of thiazole rings is 1. The average molecular weight is 447 g/mol. The van der Waals surface area contributed by atoms with Crippen molar-refractivity contribution in [3.05, 3.63) is 59.3 Å². The standard InChI is InChI=1S/C21H26N4O3S2/c1-23(2)30(26,27)20-9-8-19(28-20)15-25-12-10-24(11-13-25)14-18-16-29-21(22-18)17-6-4-3-5-7-17/h3-9,16H,10-15H2,1-2H3. The summed E-state index contributed by atoms with van der Waals surface area (Å²) < 4.78 is 31.1. The van der Waals surface area contributed by atoms with E-state index in [4.69, 9.17) is 9.40 Å². The van der Waals surface area contributed by atoms with Gasteiger partial charge in [-0.15, -0.1) is 11.3 Å². The molecule has 1 aliphatic heterocycles. The SMILES string of the molecule is CN(C)S(=O)(=O)c1ccc(CN2CCN(Cc3csc(-c4ccccc4)n3)CC2)o1. The Kier molecular flexibility index (Phi) is 6.35. The van der Waals surface area contributed by atoms with Gasteiger partial charge in [-0.05, 0) is 12.1 Å². The fraction of sp³-hybridized carbons (Fsp3) is 0.381. The van der Waals surface area contributed by atoms with Crippen molar-refractivity contribution in [2.45, 2.75) is 18.2 Å². The number of furan rings is 1. The minimum absolute atomic E-state index is 0.00103. The van der Waals surface area contributed by atoms with Crippen LogP contribution in [0.15, 0.2) is 57.4 Å². The average Bonchev–Trinajstić information content (AvgIpc) is 3.40. The lowest BCUT2D eigenvalue weighted by Gasteiger charge is -2.33. The summed E-state index contributed by atoms with van der Waals surface area (Å²) >= 11 is 1.69. The van der Waals surface area contributed by atoms with E-state index in [9.17, 15) is 8.42 Å². The lowest BCUT2D eigenvalue weighted by atomic mass is 10.2. The van der Waals surface area contributed by atoms with Gasteiger partial charge < -0.3 is 4.42 Å². The molecule has 30 heavy (non-hydrogen) atoms. The molecule has 3 aromatic rings. The van der Waals surface area contributed by atoms with Crippen molar-refractivity contribution < 1.29 is 12.8 Å². The number of aromatic nitrogens is 1. The van der Waals surface area contributed by atoms with Crippen LogP contribution in [0.3, 0.4) is 0 Å². The predicted molar refractivity (Wildman–Crippen MR) is 118 cm³/mol. The topological polar surface area (TPSA) is 69.9 Å². The fourth-order valence-electron chi connectivity index (χ4n) is 3.41. The molecule has 160 valence electrons. The number of rotatable bonds is 7. The van der Waals surface area contributed by atoms with Crippen molar-refractivity contribution >= 4 is 21.4 Å². The Morgan fingerprint density at radius 2 is 1.67 bits per heavy atom. The quantitative estimate of drug-likeness (QED) is 0.556. The number of sulfonamides is 1. The highest BCUT2D eigenvalue weighted by molar-refractivity contribution is 7.88. The molecule has 1 aromatic carbocycles. The molecule has 0 atom stereocenters. The first-order valence-corrected chi connectivity index (χ1v) is 12.2. The van der Waals surface area contributed by atoms with Crippen molar-refractivity contribution in [3.63, 3.8) is 0 Å². The second kappa shape index (κ2) is 8.99. The summed E-state index contributed by atoms with van der Waals surface area (Å²) in [4.78, 5) is 9.49. The largest absolute Gasteiger partial charge is 0.447 e. The third-order valence-electron chi connectivity index (χ3n) is 5.17. The fourth-order valence-corrected chi connectivity index (χ4v) is 5.04. The Labute approximate surface area is 181 Å². The van der Waals surface area contributed by atoms with Crippen molar-refractivity contribution in [2.24, 2.45) is 0 Å². The molecule has 4 rings (SSSR count). The van der Waals surface area contributed by atoms with Gasteiger partial charge in [-0.25, -0.2) is 17.7 Å². The molecule has 3 heterocycles. The van der Waals surface area contributed by atoms with E-state index >= 15 is 0 Å². The molecule has 1 saturated heterocycles. The van der Waals surface area contributed by atoms with E-state index in [1.54, 1.807) is 17.4 Å². The molecule has 9 heteroatoms. The summed E-state index contributed by atoms with van der Waals surface area (Å²) in [6.07, 6.45) is 0. The summed E-state index contributed by atoms with van der Waals surface area (Å²) in [6, 6.07) is 13.6. The van der Waals surface area contributed by atoms with Crippen LogP contribution in [0, 0.1) is 0 Å². The predicted octanol–water partition coefficient (Wildman–Crippen LogP) is 2.97. The first-order chi connectivity index (χ1) is 14.4. The second-order valence-corrected chi connectivity index (χ2v) is 10.5. The zero-order chi connectivity index (χ0) is 21.1. The Bertz CT molecular complexity index is 1070. The highest BCUT2D eigenvalue weighted by atomic mass is 32.2. The Balaban J connectivity index is 1.29. The van der Waals surface area contributed by atoms with Gasteiger partial charge in [-0.3, -0.25) is 9.80 Å². The summed E-state index contributed by atoms with van der Waals surface area (Å²) in [5, 5.41) is 3.20. The van der Waals surface area contributed by atoms with Gasteiger partial charge in [0.05, 0.1) is 12.2 Å². The molecular formula is C21H26N4O3S2. The molecule has 0 unspecified atom stereocenters. The van der Waals surface area contributed by atoms with E-state index in [0.29, 0.717) is 12.3 Å². The molecule has 7 nitrogen and oxygen atoms in total. The highest BCUT2D eigenvalue weighted by Gasteiger charge is 2.23. The Hall–Kier alpha value is -2.04. The van der Waals surface area contributed by atoms with Gasteiger partial charge in [-0.1, -0.05) is 30.3 Å². The molecule has 0 bridgehead atoms. The minimum Gasteiger partial charge on any atom is -0.447 e. The minimum atomic E-state index is -3.52. The van der Waals surface area contributed by atoms with Gasteiger partial charge in [0.25, 0.3) is 10.0 Å². The smallest absolute Gasteiger partial charge is 0.275 e. The highest BCUT2D eigenvalue weighted by Crippen LogP contribution is 2.24. The van der Waals surface area contributed by atoms with Gasteiger partial charge in [0, 0.05) is 57.8 Å². The van der Waals surface area contributed by atoms with E-state index in [-0.39, 0.29) is 5.09 Å². The number of hydrogen-bond acceptors (Lipinski definition) is 7. The Morgan fingerprint density at radius 1 is 1.00 bits per heavy atom. The van der Waals surface area contributed by atoms with Gasteiger partial charge in [0.15, 0.2) is 0 Å². The third kappa shape index (κ3) is 4.81. The number of nitrogens with zero attached hydrogens (tertiary/aromatic N) is 4. The van der Waals surface area contributed by atoms with Crippen molar-refractivity contribution in [3.8, 4) is 10.6 Å². The van der Waals surface area contributed by atoms with Gasteiger partial charge in [0.2, 0.25) is 5.09 Å². The lowest BCUT2D eigenvalue weighted by Crippen LogP contribution is -2.45. The maximum atomic E-state index is 12.2. The van der Waals surface area contributed by atoms with Crippen LogP contribution >= 0.6 is 11.3 Å². The third-order valence-corrected chi connectivity index (χ3v) is 7.80. The van der Waals surface area contributed by atoms with Gasteiger partial charge >= 0.3 is 0 Å². The molecule has 0 amide bonds. The van der Waals surface area contributed by atoms with Crippen molar-refractivity contribution in [1.82, 2.24) is 19.1 Å². The molecule has 2 aromatic heterocycles. The van der Waals surface area contributed by atoms with Gasteiger partial charge in [-0.2, -0.15) is 0 Å². The number of piperazine rings is 1. The maximum Gasteiger partial charge on any atom is 0.275 e. The summed E-state index contributed by atoms with van der Waals surface area (Å²) in [7, 11) is -0.521. The van der Waals surface area contributed by atoms with Crippen LogP contribution in [0.4, 0.5) is 0 Å². The van der Waals surface area contributed by atoms with E-state index < -0.39 is 10.0 Å². The maximum absolute atomic E-state index is 12.2. The van der Waals surface area contributed by atoms with Crippen LogP contribution in [0.1, 0.15) is 11.5 Å². The monoisotopic (exact) mass is 446 g/mol. The summed E-state index contributed by atoms with van der Waals surface area (Å²) in [6.45, 7) is 5.18. The van der Waals surface area contributed by atoms with Crippen LogP contribution in [-0.2, 0) is 23.1 Å². The first-order valence-electron chi connectivity index (χ1n) is 9.87. The van der Waals surface area contributed by atoms with E-state index in [0.717, 1.165) is 53.3 Å². The van der Waals surface area contributed by atoms with Gasteiger partial charge in [0.1, 0.15) is 10.8 Å². The van der Waals surface area contributed by atoms with E-state index in [1.165, 1.54) is 20.2 Å². The molecule has 1 aliphatic rings. The molecule has 0 radical (unpaired) electrons. The van der Waals surface area contributed by atoms with Crippen LogP contribution < -0.4 is 0 Å². The normalized spacial score (nSPS) is 16.4. The number of benzene rings is 1. The zero-order valence-electron chi connectivity index (χ0n) is 17.2. The molecule has 0 spiro atoms. The van der Waals surface area contributed by atoms with E-state index in [2.05, 4.69) is 27.3 Å². The van der Waals surface area contributed by atoms with Crippen LogP contribution in [0.2, 0.25) is 0 Å². The van der Waals surface area contributed by atoms with Crippen LogP contribution in [0.25, 0.3) is 10.6 Å². The lowest BCUT2D eigenvalue weighted by molar-refractivity contribution is 0.114. The summed E-state index contributed by atoms with van der Waals surface area (Å²) in [5.41, 5.74) is 2.27. The first kappa shape index (κ1) is 21.2. The van der Waals surface area contributed by atoms with Crippen molar-refractivity contribution in [1.29, 1.82) is 0 Å². The molecule has 0 aliphatic carbocycles. The Morgan fingerprint density at radius 3 is 2.33 bits per heavy atom. The molecule has 0 N–H and O–H groups in total. The number of hydrogen-bond donors (Lipinski definition) is 0. The van der Waals surface area contributed by atoms with Crippen molar-refractivity contribution in [2.75, 3.05) is 40.3 Å². The van der Waals surface area contributed by atoms with Crippen LogP contribution in [0.5, 0.6) is 0 Å². The molecule has 1 fully saturated rings. The zero-order valence-corrected chi connectivity index (χ0v) is 18.8. The summed E-state index contributed by atoms with van der Waals surface area (Å²) in [5.74, 6) is 0.677. The molecular weight excluding hydrogens is 420 g/mol. The van der Waals surface area contributed by atoms with Crippen LogP contribution in [-0.4, -0.2) is 67.8 Å². The van der Waals surface area contributed by atoms with E-state index in [1.807, 2.05) is 18.2 Å².